The highest BCUT2D eigenvalue weighted by Gasteiger charge is 2.22. The number of aryl methyl sites for hydroxylation is 2. The molecule has 1 aromatic carbocycles. The summed E-state index contributed by atoms with van der Waals surface area (Å²) < 4.78 is 25.7. The number of carbonyl (C=O) groups is 1. The standard InChI is InChI=1S/C22H21FN4O3/c1-14-20-17(13-18(19-5-4-11-30-19)24-21(20)27(3)25-14)22(28)26(2)10-12-29-16-8-6-15(23)7-9-16/h4-9,11,13H,10,12H2,1-3H3. The Balaban J connectivity index is 1.59. The van der Waals surface area contributed by atoms with Crippen molar-refractivity contribution in [1.82, 2.24) is 19.7 Å². The number of furan rings is 1. The van der Waals surface area contributed by atoms with E-state index in [4.69, 9.17) is 9.15 Å². The van der Waals surface area contributed by atoms with Gasteiger partial charge in [-0.3, -0.25) is 9.48 Å². The maximum Gasteiger partial charge on any atom is 0.254 e. The zero-order valence-electron chi connectivity index (χ0n) is 16.9. The summed E-state index contributed by atoms with van der Waals surface area (Å²) in [5, 5.41) is 5.13. The number of hydrogen-bond acceptors (Lipinski definition) is 5. The topological polar surface area (TPSA) is 73.4 Å². The Morgan fingerprint density at radius 3 is 2.73 bits per heavy atom. The number of benzene rings is 1. The van der Waals surface area contributed by atoms with Crippen LogP contribution in [0.5, 0.6) is 5.75 Å². The molecule has 0 saturated carbocycles. The van der Waals surface area contributed by atoms with E-state index in [-0.39, 0.29) is 18.3 Å². The van der Waals surface area contributed by atoms with E-state index in [0.29, 0.717) is 40.3 Å². The summed E-state index contributed by atoms with van der Waals surface area (Å²) in [5.41, 5.74) is 2.40. The summed E-state index contributed by atoms with van der Waals surface area (Å²) in [5.74, 6) is 0.628. The fourth-order valence-corrected chi connectivity index (χ4v) is 3.30. The minimum Gasteiger partial charge on any atom is -0.492 e. The molecule has 8 heteroatoms. The van der Waals surface area contributed by atoms with Gasteiger partial charge in [-0.1, -0.05) is 0 Å². The van der Waals surface area contributed by atoms with E-state index in [1.165, 1.54) is 12.1 Å². The molecule has 0 unspecified atom stereocenters. The molecule has 30 heavy (non-hydrogen) atoms. The van der Waals surface area contributed by atoms with Gasteiger partial charge in [0.15, 0.2) is 11.4 Å². The third-order valence-electron chi connectivity index (χ3n) is 4.83. The Morgan fingerprint density at radius 2 is 2.03 bits per heavy atom. The number of hydrogen-bond donors (Lipinski definition) is 0. The van der Waals surface area contributed by atoms with Crippen molar-refractivity contribution in [2.75, 3.05) is 20.2 Å². The van der Waals surface area contributed by atoms with Crippen LogP contribution in [-0.2, 0) is 7.05 Å². The number of pyridine rings is 1. The molecule has 3 aromatic heterocycles. The number of ether oxygens (including phenoxy) is 1. The Hall–Kier alpha value is -3.68. The molecule has 154 valence electrons. The van der Waals surface area contributed by atoms with Crippen LogP contribution in [0.2, 0.25) is 0 Å². The minimum absolute atomic E-state index is 0.172. The average molecular weight is 408 g/mol. The first kappa shape index (κ1) is 19.6. The van der Waals surface area contributed by atoms with Gasteiger partial charge in [-0.2, -0.15) is 5.10 Å². The smallest absolute Gasteiger partial charge is 0.254 e. The number of aromatic nitrogens is 3. The number of fused-ring (bicyclic) bond motifs is 1. The van der Waals surface area contributed by atoms with E-state index in [0.717, 1.165) is 5.69 Å². The van der Waals surface area contributed by atoms with Crippen LogP contribution in [0.25, 0.3) is 22.5 Å². The van der Waals surface area contributed by atoms with Crippen molar-refractivity contribution in [2.45, 2.75) is 6.92 Å². The van der Waals surface area contributed by atoms with E-state index in [1.807, 2.05) is 6.92 Å². The van der Waals surface area contributed by atoms with Crippen LogP contribution in [0, 0.1) is 12.7 Å². The van der Waals surface area contributed by atoms with Crippen molar-refractivity contribution in [2.24, 2.45) is 7.05 Å². The molecule has 0 aliphatic rings. The summed E-state index contributed by atoms with van der Waals surface area (Å²) in [6, 6.07) is 11.1. The van der Waals surface area contributed by atoms with Crippen molar-refractivity contribution in [3.63, 3.8) is 0 Å². The summed E-state index contributed by atoms with van der Waals surface area (Å²) in [6.45, 7) is 2.49. The van der Waals surface area contributed by atoms with Gasteiger partial charge < -0.3 is 14.1 Å². The van der Waals surface area contributed by atoms with E-state index in [9.17, 15) is 9.18 Å². The highest BCUT2D eigenvalue weighted by atomic mass is 19.1. The monoisotopic (exact) mass is 408 g/mol. The molecule has 4 aromatic rings. The van der Waals surface area contributed by atoms with E-state index in [1.54, 1.807) is 60.3 Å². The average Bonchev–Trinajstić information content (AvgIpc) is 3.37. The van der Waals surface area contributed by atoms with E-state index >= 15 is 0 Å². The fourth-order valence-electron chi connectivity index (χ4n) is 3.30. The molecule has 0 aliphatic heterocycles. The third-order valence-corrected chi connectivity index (χ3v) is 4.83. The molecule has 0 bridgehead atoms. The number of nitrogens with zero attached hydrogens (tertiary/aromatic N) is 4. The predicted molar refractivity (Wildman–Crippen MR) is 110 cm³/mol. The molecular formula is C22H21FN4O3. The summed E-state index contributed by atoms with van der Waals surface area (Å²) in [4.78, 5) is 19.5. The molecule has 0 saturated heterocycles. The number of likely N-dealkylation sites (N-methyl/N-ethyl adjacent to an activating group) is 1. The number of rotatable bonds is 6. The van der Waals surface area contributed by atoms with Crippen LogP contribution in [0.3, 0.4) is 0 Å². The van der Waals surface area contributed by atoms with Crippen LogP contribution >= 0.6 is 0 Å². The lowest BCUT2D eigenvalue weighted by molar-refractivity contribution is 0.0775. The highest BCUT2D eigenvalue weighted by Crippen LogP contribution is 2.27. The second-order valence-electron chi connectivity index (χ2n) is 6.97. The van der Waals surface area contributed by atoms with Gasteiger partial charge in [-0.05, 0) is 49.4 Å². The van der Waals surface area contributed by atoms with Crippen LogP contribution in [0.1, 0.15) is 16.1 Å². The van der Waals surface area contributed by atoms with Gasteiger partial charge in [-0.15, -0.1) is 0 Å². The van der Waals surface area contributed by atoms with Gasteiger partial charge in [0, 0.05) is 14.1 Å². The maximum atomic E-state index is 13.3. The molecule has 0 fully saturated rings. The van der Waals surface area contributed by atoms with Crippen molar-refractivity contribution in [3.05, 3.63) is 65.8 Å². The molecule has 1 amide bonds. The lowest BCUT2D eigenvalue weighted by atomic mass is 10.1. The first-order chi connectivity index (χ1) is 14.4. The Labute approximate surface area is 172 Å². The molecule has 7 nitrogen and oxygen atoms in total. The largest absolute Gasteiger partial charge is 0.492 e. The SMILES string of the molecule is Cc1nn(C)c2nc(-c3ccco3)cc(C(=O)N(C)CCOc3ccc(F)cc3)c12. The molecule has 3 heterocycles. The van der Waals surface area contributed by atoms with Gasteiger partial charge in [-0.25, -0.2) is 9.37 Å². The van der Waals surface area contributed by atoms with Gasteiger partial charge in [0.25, 0.3) is 5.91 Å². The van der Waals surface area contributed by atoms with E-state index in [2.05, 4.69) is 10.1 Å². The van der Waals surface area contributed by atoms with Crippen LogP contribution < -0.4 is 4.74 Å². The zero-order valence-corrected chi connectivity index (χ0v) is 16.9. The second-order valence-corrected chi connectivity index (χ2v) is 6.97. The Bertz CT molecular complexity index is 1180. The van der Waals surface area contributed by atoms with Gasteiger partial charge in [0.05, 0.1) is 29.5 Å². The van der Waals surface area contributed by atoms with Crippen molar-refractivity contribution in [3.8, 4) is 17.2 Å². The molecule has 4 rings (SSSR count). The van der Waals surface area contributed by atoms with Crippen molar-refractivity contribution < 1.29 is 18.3 Å². The lowest BCUT2D eigenvalue weighted by Crippen LogP contribution is -2.31. The van der Waals surface area contributed by atoms with Gasteiger partial charge >= 0.3 is 0 Å². The molecular weight excluding hydrogens is 387 g/mol. The number of carbonyl (C=O) groups excluding carboxylic acids is 1. The Kier molecular flexibility index (Phi) is 5.22. The fraction of sp³-hybridized carbons (Fsp3) is 0.227. The molecule has 0 aliphatic carbocycles. The second kappa shape index (κ2) is 7.98. The third kappa shape index (κ3) is 3.76. The van der Waals surface area contributed by atoms with Crippen LogP contribution in [0.4, 0.5) is 4.39 Å². The van der Waals surface area contributed by atoms with Crippen LogP contribution in [-0.4, -0.2) is 45.8 Å². The lowest BCUT2D eigenvalue weighted by Gasteiger charge is -2.18. The Morgan fingerprint density at radius 1 is 1.27 bits per heavy atom. The number of amides is 1. The molecule has 0 atom stereocenters. The molecule has 0 radical (unpaired) electrons. The summed E-state index contributed by atoms with van der Waals surface area (Å²) in [6.07, 6.45) is 1.57. The summed E-state index contributed by atoms with van der Waals surface area (Å²) in [7, 11) is 3.50. The molecule has 0 spiro atoms. The van der Waals surface area contributed by atoms with E-state index < -0.39 is 0 Å². The number of halogens is 1. The first-order valence-corrected chi connectivity index (χ1v) is 9.46. The zero-order chi connectivity index (χ0) is 21.3. The first-order valence-electron chi connectivity index (χ1n) is 9.46. The highest BCUT2D eigenvalue weighted by molar-refractivity contribution is 6.07. The van der Waals surface area contributed by atoms with Crippen molar-refractivity contribution in [1.29, 1.82) is 0 Å². The van der Waals surface area contributed by atoms with Crippen molar-refractivity contribution >= 4 is 16.9 Å². The normalized spacial score (nSPS) is 11.1. The van der Waals surface area contributed by atoms with Crippen LogP contribution in [0.15, 0.2) is 53.1 Å². The molecule has 0 N–H and O–H groups in total. The predicted octanol–water partition coefficient (Wildman–Crippen LogP) is 3.83. The van der Waals surface area contributed by atoms with Gasteiger partial charge in [0.2, 0.25) is 0 Å². The minimum atomic E-state index is -0.324. The summed E-state index contributed by atoms with van der Waals surface area (Å²) >= 11 is 0. The quantitative estimate of drug-likeness (QED) is 0.485. The van der Waals surface area contributed by atoms with Gasteiger partial charge in [0.1, 0.15) is 23.9 Å². The maximum absolute atomic E-state index is 13.3.